The largest absolute Gasteiger partial charge is 0.366 e. The number of fused-ring (bicyclic) bond motifs is 1. The molecule has 0 fully saturated rings. The van der Waals surface area contributed by atoms with Gasteiger partial charge in [0, 0.05) is 17.7 Å². The summed E-state index contributed by atoms with van der Waals surface area (Å²) in [4.78, 5) is 11.4. The van der Waals surface area contributed by atoms with Crippen LogP contribution in [0.15, 0.2) is 18.2 Å². The quantitative estimate of drug-likeness (QED) is 0.812. The summed E-state index contributed by atoms with van der Waals surface area (Å²) in [5, 5.41) is 3.66. The summed E-state index contributed by atoms with van der Waals surface area (Å²) in [6, 6.07) is 6.12. The van der Waals surface area contributed by atoms with Crippen molar-refractivity contribution in [2.75, 3.05) is 47.6 Å². The molecule has 0 aromatic heterocycles. The molecular weight excluding hydrogens is 264 g/mol. The van der Waals surface area contributed by atoms with Gasteiger partial charge in [-0.1, -0.05) is 0 Å². The molecule has 2 atom stereocenters. The monoisotopic (exact) mass is 292 g/mol. The Balaban J connectivity index is 2.45. The van der Waals surface area contributed by atoms with Gasteiger partial charge in [-0.2, -0.15) is 0 Å². The number of quaternary nitrogens is 2. The van der Waals surface area contributed by atoms with Crippen LogP contribution in [0.2, 0.25) is 0 Å². The first-order valence-corrected chi connectivity index (χ1v) is 7.31. The highest BCUT2D eigenvalue weighted by Crippen LogP contribution is 2.31. The van der Waals surface area contributed by atoms with E-state index in [2.05, 4.69) is 47.6 Å². The molecule has 0 saturated heterocycles. The van der Waals surface area contributed by atoms with Crippen LogP contribution in [0.5, 0.6) is 0 Å². The zero-order valence-electron chi connectivity index (χ0n) is 14.0. The Kier molecular flexibility index (Phi) is 3.76. The Labute approximate surface area is 127 Å². The molecule has 2 unspecified atom stereocenters. The zero-order chi connectivity index (χ0) is 16.0. The molecular formula is C16H28N4O+2. The minimum absolute atomic E-state index is 0.317. The Hall–Kier alpha value is -1.59. The van der Waals surface area contributed by atoms with Gasteiger partial charge in [-0.05, 0) is 23.8 Å². The Morgan fingerprint density at radius 3 is 2.24 bits per heavy atom. The molecule has 0 bridgehead atoms. The molecule has 2 rings (SSSR count). The minimum atomic E-state index is -0.367. The van der Waals surface area contributed by atoms with Gasteiger partial charge in [0.05, 0.1) is 42.3 Å². The first-order valence-electron chi connectivity index (χ1n) is 7.31. The first kappa shape index (κ1) is 15.8. The van der Waals surface area contributed by atoms with Gasteiger partial charge in [-0.15, -0.1) is 0 Å². The SMILES string of the molecule is C[N+](C)(C)C1Cc2cc(C(N)=O)ccc2NC1[N+](C)(C)C. The van der Waals surface area contributed by atoms with E-state index in [1.165, 1.54) is 5.56 Å². The number of anilines is 1. The topological polar surface area (TPSA) is 55.1 Å². The number of nitrogens with two attached hydrogens (primary N) is 1. The van der Waals surface area contributed by atoms with E-state index >= 15 is 0 Å². The molecule has 5 nitrogen and oxygen atoms in total. The van der Waals surface area contributed by atoms with Crippen molar-refractivity contribution >= 4 is 11.6 Å². The molecule has 0 radical (unpaired) electrons. The van der Waals surface area contributed by atoms with Crippen LogP contribution in [0, 0.1) is 0 Å². The van der Waals surface area contributed by atoms with E-state index in [0.717, 1.165) is 21.1 Å². The van der Waals surface area contributed by atoms with Gasteiger partial charge >= 0.3 is 0 Å². The molecule has 21 heavy (non-hydrogen) atoms. The van der Waals surface area contributed by atoms with Crippen molar-refractivity contribution in [2.24, 2.45) is 5.73 Å². The number of nitrogens with one attached hydrogen (secondary N) is 1. The number of carbonyl (C=O) groups excluding carboxylic acids is 1. The number of nitrogens with zero attached hydrogens (tertiary/aromatic N) is 2. The minimum Gasteiger partial charge on any atom is -0.366 e. The van der Waals surface area contributed by atoms with E-state index in [1.807, 2.05) is 12.1 Å². The van der Waals surface area contributed by atoms with Gasteiger partial charge in [0.1, 0.15) is 0 Å². The van der Waals surface area contributed by atoms with E-state index < -0.39 is 0 Å². The molecule has 1 aliphatic rings. The summed E-state index contributed by atoms with van der Waals surface area (Å²) in [5.41, 5.74) is 8.27. The lowest BCUT2D eigenvalue weighted by Crippen LogP contribution is -2.66. The Morgan fingerprint density at radius 2 is 1.76 bits per heavy atom. The highest BCUT2D eigenvalue weighted by Gasteiger charge is 2.44. The lowest BCUT2D eigenvalue weighted by Gasteiger charge is -2.47. The van der Waals surface area contributed by atoms with Crippen LogP contribution in [0.1, 0.15) is 15.9 Å². The lowest BCUT2D eigenvalue weighted by molar-refractivity contribution is -0.962. The Bertz CT molecular complexity index is 554. The average Bonchev–Trinajstić information content (AvgIpc) is 2.34. The van der Waals surface area contributed by atoms with Crippen LogP contribution >= 0.6 is 0 Å². The number of benzene rings is 1. The van der Waals surface area contributed by atoms with Crippen molar-refractivity contribution in [3.05, 3.63) is 29.3 Å². The summed E-state index contributed by atoms with van der Waals surface area (Å²) in [6.07, 6.45) is 1.25. The van der Waals surface area contributed by atoms with Crippen LogP contribution in [0.25, 0.3) is 0 Å². The van der Waals surface area contributed by atoms with Gasteiger partial charge in [0.15, 0.2) is 6.04 Å². The van der Waals surface area contributed by atoms with E-state index in [1.54, 1.807) is 6.07 Å². The number of primary amides is 1. The number of hydrogen-bond acceptors (Lipinski definition) is 2. The van der Waals surface area contributed by atoms with Crippen LogP contribution in [-0.4, -0.2) is 69.4 Å². The lowest BCUT2D eigenvalue weighted by atomic mass is 9.92. The summed E-state index contributed by atoms with van der Waals surface area (Å²) >= 11 is 0. The van der Waals surface area contributed by atoms with Crippen LogP contribution in [0.4, 0.5) is 5.69 Å². The summed E-state index contributed by atoms with van der Waals surface area (Å²) in [5.74, 6) is -0.367. The third kappa shape index (κ3) is 3.19. The maximum absolute atomic E-state index is 11.4. The van der Waals surface area contributed by atoms with E-state index in [9.17, 15) is 4.79 Å². The molecule has 5 heteroatoms. The first-order chi connectivity index (χ1) is 9.50. The predicted octanol–water partition coefficient (Wildman–Crippen LogP) is 0.861. The predicted molar refractivity (Wildman–Crippen MR) is 85.9 cm³/mol. The van der Waals surface area contributed by atoms with Crippen molar-refractivity contribution in [1.82, 2.24) is 0 Å². The molecule has 116 valence electrons. The Morgan fingerprint density at radius 1 is 1.14 bits per heavy atom. The second-order valence-corrected chi connectivity index (χ2v) is 7.83. The molecule has 1 aliphatic heterocycles. The third-order valence-corrected chi connectivity index (χ3v) is 4.32. The van der Waals surface area contributed by atoms with Crippen molar-refractivity contribution < 1.29 is 13.8 Å². The van der Waals surface area contributed by atoms with Crippen molar-refractivity contribution in [1.29, 1.82) is 0 Å². The molecule has 1 heterocycles. The number of amides is 1. The second kappa shape index (κ2) is 5.00. The van der Waals surface area contributed by atoms with Gasteiger partial charge in [-0.3, -0.25) is 4.79 Å². The summed E-state index contributed by atoms with van der Waals surface area (Å²) in [7, 11) is 13.3. The van der Waals surface area contributed by atoms with E-state index in [0.29, 0.717) is 17.8 Å². The van der Waals surface area contributed by atoms with E-state index in [4.69, 9.17) is 5.73 Å². The highest BCUT2D eigenvalue weighted by molar-refractivity contribution is 5.93. The van der Waals surface area contributed by atoms with Crippen LogP contribution < -0.4 is 11.1 Å². The van der Waals surface area contributed by atoms with Gasteiger partial charge in [0.2, 0.25) is 12.1 Å². The average molecular weight is 292 g/mol. The van der Waals surface area contributed by atoms with Crippen molar-refractivity contribution in [3.8, 4) is 0 Å². The molecule has 1 aromatic rings. The molecule has 0 aliphatic carbocycles. The van der Waals surface area contributed by atoms with Crippen LogP contribution in [-0.2, 0) is 6.42 Å². The highest BCUT2D eigenvalue weighted by atomic mass is 16.1. The summed E-state index contributed by atoms with van der Waals surface area (Å²) < 4.78 is 1.71. The van der Waals surface area contributed by atoms with Crippen LogP contribution in [0.3, 0.4) is 0 Å². The number of rotatable bonds is 3. The van der Waals surface area contributed by atoms with Crippen molar-refractivity contribution in [3.63, 3.8) is 0 Å². The molecule has 1 amide bonds. The summed E-state index contributed by atoms with van der Waals surface area (Å²) in [6.45, 7) is 0. The maximum Gasteiger partial charge on any atom is 0.248 e. The molecule has 3 N–H and O–H groups in total. The number of carbonyl (C=O) groups is 1. The maximum atomic E-state index is 11.4. The standard InChI is InChI=1S/C16H27N4O/c1-19(2,3)14-10-12-9-11(15(17)21)7-8-13(12)18-16(14)20(4,5)6/h7-9,14,16H,10H2,1-6H3,(H2-,17,18,21)/q+1/p+1. The zero-order valence-corrected chi connectivity index (χ0v) is 14.0. The van der Waals surface area contributed by atoms with Crippen molar-refractivity contribution in [2.45, 2.75) is 18.6 Å². The fourth-order valence-electron chi connectivity index (χ4n) is 3.06. The third-order valence-electron chi connectivity index (χ3n) is 4.32. The molecule has 0 saturated carbocycles. The smallest absolute Gasteiger partial charge is 0.248 e. The number of hydrogen-bond donors (Lipinski definition) is 2. The van der Waals surface area contributed by atoms with Gasteiger partial charge in [0.25, 0.3) is 0 Å². The second-order valence-electron chi connectivity index (χ2n) is 7.83. The fourth-order valence-corrected chi connectivity index (χ4v) is 3.06. The molecule has 0 spiro atoms. The van der Waals surface area contributed by atoms with E-state index in [-0.39, 0.29) is 5.91 Å². The number of likely N-dealkylation sites (N-methyl/N-ethyl adjacent to an activating group) is 2. The normalized spacial score (nSPS) is 22.4. The molecule has 1 aromatic carbocycles. The van der Waals surface area contributed by atoms with Gasteiger partial charge in [-0.25, -0.2) is 0 Å². The fraction of sp³-hybridized carbons (Fsp3) is 0.562. The van der Waals surface area contributed by atoms with Gasteiger partial charge < -0.3 is 20.0 Å².